The van der Waals surface area contributed by atoms with Crippen LogP contribution < -0.4 is 4.74 Å². The predicted octanol–water partition coefficient (Wildman–Crippen LogP) is 7.16. The SMILES string of the molecule is COc1cccc(-c2ccc(-c3nc(-c4ccc(Cl)c(Cl)c4)cs3)cc2C(=O)O)c1. The zero-order valence-electron chi connectivity index (χ0n) is 15.7. The van der Waals surface area contributed by atoms with E-state index in [4.69, 9.17) is 27.9 Å². The van der Waals surface area contributed by atoms with E-state index in [0.29, 0.717) is 21.4 Å². The van der Waals surface area contributed by atoms with Gasteiger partial charge in [-0.15, -0.1) is 11.3 Å². The molecule has 0 aliphatic heterocycles. The molecule has 150 valence electrons. The quantitative estimate of drug-likeness (QED) is 0.346. The number of halogens is 2. The summed E-state index contributed by atoms with van der Waals surface area (Å²) in [6, 6.07) is 18.0. The van der Waals surface area contributed by atoms with Gasteiger partial charge >= 0.3 is 5.97 Å². The van der Waals surface area contributed by atoms with Gasteiger partial charge in [0.05, 0.1) is 28.4 Å². The number of hydrogen-bond donors (Lipinski definition) is 1. The van der Waals surface area contributed by atoms with Crippen LogP contribution in [-0.4, -0.2) is 23.2 Å². The summed E-state index contributed by atoms with van der Waals surface area (Å²) in [4.78, 5) is 16.6. The molecule has 1 aromatic heterocycles. The van der Waals surface area contributed by atoms with Crippen LogP contribution in [0.25, 0.3) is 33.0 Å². The van der Waals surface area contributed by atoms with Gasteiger partial charge in [-0.2, -0.15) is 0 Å². The van der Waals surface area contributed by atoms with E-state index >= 15 is 0 Å². The van der Waals surface area contributed by atoms with Gasteiger partial charge in [-0.1, -0.05) is 53.5 Å². The topological polar surface area (TPSA) is 59.4 Å². The Morgan fingerprint density at radius 3 is 2.50 bits per heavy atom. The van der Waals surface area contributed by atoms with Crippen molar-refractivity contribution >= 4 is 40.5 Å². The Kier molecular flexibility index (Phi) is 5.77. The number of nitrogens with zero attached hydrogens (tertiary/aromatic N) is 1. The molecule has 0 aliphatic carbocycles. The van der Waals surface area contributed by atoms with Crippen LogP contribution >= 0.6 is 34.5 Å². The first-order chi connectivity index (χ1) is 14.5. The van der Waals surface area contributed by atoms with Gasteiger partial charge < -0.3 is 9.84 Å². The molecular weight excluding hydrogens is 441 g/mol. The second-order valence-corrected chi connectivity index (χ2v) is 8.14. The monoisotopic (exact) mass is 455 g/mol. The van der Waals surface area contributed by atoms with Crippen molar-refractivity contribution < 1.29 is 14.6 Å². The first-order valence-electron chi connectivity index (χ1n) is 8.89. The summed E-state index contributed by atoms with van der Waals surface area (Å²) in [5.41, 5.74) is 3.92. The molecule has 0 atom stereocenters. The van der Waals surface area contributed by atoms with Crippen molar-refractivity contribution in [3.63, 3.8) is 0 Å². The Morgan fingerprint density at radius 1 is 0.967 bits per heavy atom. The third-order valence-electron chi connectivity index (χ3n) is 4.60. The lowest BCUT2D eigenvalue weighted by Gasteiger charge is -2.09. The number of ether oxygens (including phenoxy) is 1. The number of carbonyl (C=O) groups is 1. The zero-order valence-corrected chi connectivity index (χ0v) is 18.1. The van der Waals surface area contributed by atoms with Gasteiger partial charge in [0, 0.05) is 16.5 Å². The molecule has 4 nitrogen and oxygen atoms in total. The summed E-state index contributed by atoms with van der Waals surface area (Å²) < 4.78 is 5.26. The van der Waals surface area contributed by atoms with E-state index in [-0.39, 0.29) is 5.56 Å². The van der Waals surface area contributed by atoms with Crippen LogP contribution in [0.1, 0.15) is 10.4 Å². The standard InChI is InChI=1S/C23H15Cl2NO3S/c1-29-16-4-2-3-13(9-16)17-7-5-15(10-18(17)23(27)28)22-26-21(12-30-22)14-6-8-19(24)20(25)11-14/h2-12H,1H3,(H,27,28). The molecule has 0 amide bonds. The van der Waals surface area contributed by atoms with Crippen LogP contribution in [0.5, 0.6) is 5.75 Å². The highest BCUT2D eigenvalue weighted by molar-refractivity contribution is 7.13. The molecule has 0 bridgehead atoms. The number of carboxylic acids is 1. The summed E-state index contributed by atoms with van der Waals surface area (Å²) in [6.45, 7) is 0. The lowest BCUT2D eigenvalue weighted by Crippen LogP contribution is -2.00. The number of carboxylic acid groups (broad SMARTS) is 1. The van der Waals surface area contributed by atoms with Crippen molar-refractivity contribution in [2.75, 3.05) is 7.11 Å². The molecule has 7 heteroatoms. The number of methoxy groups -OCH3 is 1. The molecule has 0 fully saturated rings. The van der Waals surface area contributed by atoms with Crippen LogP contribution in [0.4, 0.5) is 0 Å². The molecule has 0 radical (unpaired) electrons. The number of aromatic carboxylic acids is 1. The molecule has 3 aromatic carbocycles. The molecule has 0 saturated heterocycles. The third-order valence-corrected chi connectivity index (χ3v) is 6.23. The number of hydrogen-bond acceptors (Lipinski definition) is 4. The Hall–Kier alpha value is -2.86. The van der Waals surface area contributed by atoms with E-state index < -0.39 is 5.97 Å². The van der Waals surface area contributed by atoms with Gasteiger partial charge in [0.15, 0.2) is 0 Å². The maximum Gasteiger partial charge on any atom is 0.336 e. The normalized spacial score (nSPS) is 10.8. The molecular formula is C23H15Cl2NO3S. The van der Waals surface area contributed by atoms with Gasteiger partial charge in [-0.05, 0) is 41.5 Å². The lowest BCUT2D eigenvalue weighted by atomic mass is 9.97. The van der Waals surface area contributed by atoms with Crippen molar-refractivity contribution in [2.45, 2.75) is 0 Å². The van der Waals surface area contributed by atoms with Crippen molar-refractivity contribution in [1.82, 2.24) is 4.98 Å². The highest BCUT2D eigenvalue weighted by Crippen LogP contribution is 2.35. The summed E-state index contributed by atoms with van der Waals surface area (Å²) in [6.07, 6.45) is 0. The maximum atomic E-state index is 12.0. The number of aromatic nitrogens is 1. The summed E-state index contributed by atoms with van der Waals surface area (Å²) in [5, 5.41) is 13.4. The van der Waals surface area contributed by atoms with Gasteiger partial charge in [0.2, 0.25) is 0 Å². The molecule has 0 unspecified atom stereocenters. The van der Waals surface area contributed by atoms with Crippen molar-refractivity contribution in [3.05, 3.63) is 81.7 Å². The lowest BCUT2D eigenvalue weighted by molar-refractivity contribution is 0.0698. The highest BCUT2D eigenvalue weighted by atomic mass is 35.5. The van der Waals surface area contributed by atoms with Gasteiger partial charge in [-0.3, -0.25) is 0 Å². The largest absolute Gasteiger partial charge is 0.497 e. The van der Waals surface area contributed by atoms with Gasteiger partial charge in [0.25, 0.3) is 0 Å². The van der Waals surface area contributed by atoms with Crippen LogP contribution in [0.2, 0.25) is 10.0 Å². The van der Waals surface area contributed by atoms with Crippen molar-refractivity contribution in [1.29, 1.82) is 0 Å². The Morgan fingerprint density at radius 2 is 1.77 bits per heavy atom. The fourth-order valence-electron chi connectivity index (χ4n) is 3.09. The smallest absolute Gasteiger partial charge is 0.336 e. The number of rotatable bonds is 5. The molecule has 4 rings (SSSR count). The second-order valence-electron chi connectivity index (χ2n) is 6.46. The molecule has 1 heterocycles. The van der Waals surface area contributed by atoms with Crippen LogP contribution in [0.15, 0.2) is 66.0 Å². The fraction of sp³-hybridized carbons (Fsp3) is 0.0435. The Labute approximate surface area is 187 Å². The van der Waals surface area contributed by atoms with Crippen molar-refractivity contribution in [3.8, 4) is 38.7 Å². The van der Waals surface area contributed by atoms with Crippen molar-refractivity contribution in [2.24, 2.45) is 0 Å². The third kappa shape index (κ3) is 4.05. The average molecular weight is 456 g/mol. The van der Waals surface area contributed by atoms with E-state index in [0.717, 1.165) is 27.4 Å². The minimum Gasteiger partial charge on any atom is -0.497 e. The van der Waals surface area contributed by atoms with Crippen LogP contribution in [-0.2, 0) is 0 Å². The minimum absolute atomic E-state index is 0.201. The molecule has 0 spiro atoms. The summed E-state index contributed by atoms with van der Waals surface area (Å²) >= 11 is 13.5. The zero-order chi connectivity index (χ0) is 21.3. The van der Waals surface area contributed by atoms with Gasteiger partial charge in [0.1, 0.15) is 10.8 Å². The van der Waals surface area contributed by atoms with Crippen LogP contribution in [0.3, 0.4) is 0 Å². The maximum absolute atomic E-state index is 12.0. The highest BCUT2D eigenvalue weighted by Gasteiger charge is 2.16. The Bertz CT molecular complexity index is 1250. The molecule has 4 aromatic rings. The molecule has 30 heavy (non-hydrogen) atoms. The first-order valence-corrected chi connectivity index (χ1v) is 10.5. The van der Waals surface area contributed by atoms with Crippen LogP contribution in [0, 0.1) is 0 Å². The Balaban J connectivity index is 1.74. The van der Waals surface area contributed by atoms with Gasteiger partial charge in [-0.25, -0.2) is 9.78 Å². The van der Waals surface area contributed by atoms with E-state index in [1.54, 1.807) is 31.4 Å². The minimum atomic E-state index is -1.00. The average Bonchev–Trinajstić information content (AvgIpc) is 3.25. The predicted molar refractivity (Wildman–Crippen MR) is 122 cm³/mol. The summed E-state index contributed by atoms with van der Waals surface area (Å²) in [7, 11) is 1.58. The number of benzene rings is 3. The van der Waals surface area contributed by atoms with E-state index in [2.05, 4.69) is 4.98 Å². The first kappa shape index (κ1) is 20.4. The van der Waals surface area contributed by atoms with E-state index in [1.807, 2.05) is 41.8 Å². The number of thiazole rings is 1. The summed E-state index contributed by atoms with van der Waals surface area (Å²) in [5.74, 6) is -0.338. The van der Waals surface area contributed by atoms with E-state index in [9.17, 15) is 9.90 Å². The molecule has 0 saturated carbocycles. The molecule has 1 N–H and O–H groups in total. The second kappa shape index (κ2) is 8.48. The van der Waals surface area contributed by atoms with E-state index in [1.165, 1.54) is 11.3 Å². The molecule has 0 aliphatic rings. The fourth-order valence-corrected chi connectivity index (χ4v) is 4.22.